The first-order valence-corrected chi connectivity index (χ1v) is 14.7. The van der Waals surface area contributed by atoms with Crippen molar-refractivity contribution in [2.24, 2.45) is 11.8 Å². The van der Waals surface area contributed by atoms with Crippen LogP contribution in [0.1, 0.15) is 68.7 Å². The van der Waals surface area contributed by atoms with Crippen molar-refractivity contribution in [2.75, 3.05) is 0 Å². The number of hydrogen-bond acceptors (Lipinski definition) is 0. The third-order valence-corrected chi connectivity index (χ3v) is 4.47. The molecule has 2 aliphatic carbocycles. The molecule has 0 aromatic rings. The van der Waals surface area contributed by atoms with Gasteiger partial charge in [-0.1, -0.05) is 60.3 Å². The van der Waals surface area contributed by atoms with E-state index in [1.807, 2.05) is 14.6 Å². The van der Waals surface area contributed by atoms with E-state index in [0.717, 1.165) is 6.42 Å². The van der Waals surface area contributed by atoms with Crippen molar-refractivity contribution in [2.45, 2.75) is 68.7 Å². The molecule has 0 N–H and O–H groups in total. The Balaban J connectivity index is -0.000000136. The van der Waals surface area contributed by atoms with Gasteiger partial charge in [0, 0.05) is 0 Å². The van der Waals surface area contributed by atoms with Crippen LogP contribution in [0.3, 0.4) is 0 Å². The summed E-state index contributed by atoms with van der Waals surface area (Å²) >= 11 is 0.000000000000000111. The molecular formula is C21H37Cl3SiTi-3. The molecule has 0 radical (unpaired) electrons. The fourth-order valence-electron chi connectivity index (χ4n) is 2.32. The quantitative estimate of drug-likeness (QED) is 0.257. The molecule has 0 heterocycles. The van der Waals surface area contributed by atoms with E-state index >= 15 is 0 Å². The Bertz CT molecular complexity index is 487. The fourth-order valence-corrected chi connectivity index (χ4v) is 2.32. The summed E-state index contributed by atoms with van der Waals surface area (Å²) in [4.78, 5) is 0. The first kappa shape index (κ1) is 34.3. The van der Waals surface area contributed by atoms with E-state index in [4.69, 9.17) is 9.30 Å². The van der Waals surface area contributed by atoms with Gasteiger partial charge in [-0.15, -0.1) is 38.7 Å². The molecule has 0 amide bonds. The zero-order valence-corrected chi connectivity index (χ0v) is 23.3. The zero-order valence-electron chi connectivity index (χ0n) is 18.0. The van der Waals surface area contributed by atoms with Crippen molar-refractivity contribution < 1.29 is 16.8 Å². The SMILES string of the molecule is CC1=[C-]C(C)C(C)=C1C.CC1=[C-]C(C)C(C)=C1C.Cl.Cl.[CH2-]CC.[SiH2]=[Ti][Cl]. The average Bonchev–Trinajstić information content (AvgIpc) is 2.86. The molecule has 0 aromatic carbocycles. The molecule has 2 aliphatic rings. The average molecular weight is 472 g/mol. The molecule has 2 unspecified atom stereocenters. The molecule has 2 rings (SSSR count). The number of hydrogen-bond donors (Lipinski definition) is 0. The van der Waals surface area contributed by atoms with Crippen LogP contribution >= 0.6 is 34.1 Å². The first-order valence-electron chi connectivity index (χ1n) is 8.56. The first-order chi connectivity index (χ1) is 11.1. The number of rotatable bonds is 0. The van der Waals surface area contributed by atoms with Gasteiger partial charge in [0.15, 0.2) is 0 Å². The van der Waals surface area contributed by atoms with Crippen LogP contribution in [0.2, 0.25) is 0 Å². The topological polar surface area (TPSA) is 0 Å². The summed E-state index contributed by atoms with van der Waals surface area (Å²) < 4.78 is 0. The van der Waals surface area contributed by atoms with Crippen LogP contribution < -0.4 is 0 Å². The van der Waals surface area contributed by atoms with E-state index in [1.54, 1.807) is 0 Å². The summed E-state index contributed by atoms with van der Waals surface area (Å²) in [5.41, 5.74) is 8.49. The van der Waals surface area contributed by atoms with Crippen LogP contribution in [-0.4, -0.2) is 7.63 Å². The van der Waals surface area contributed by atoms with Gasteiger partial charge in [0.2, 0.25) is 0 Å². The van der Waals surface area contributed by atoms with Gasteiger partial charge in [0.1, 0.15) is 0 Å². The molecule has 0 nitrogen and oxygen atoms in total. The molecule has 153 valence electrons. The van der Waals surface area contributed by atoms with E-state index in [9.17, 15) is 0 Å². The van der Waals surface area contributed by atoms with Crippen LogP contribution in [0, 0.1) is 30.9 Å². The summed E-state index contributed by atoms with van der Waals surface area (Å²) in [5, 5.41) is 0. The second kappa shape index (κ2) is 19.1. The third-order valence-electron chi connectivity index (χ3n) is 4.47. The summed E-state index contributed by atoms with van der Waals surface area (Å²) in [5.74, 6) is 1.12. The molecule has 0 fully saturated rings. The second-order valence-corrected chi connectivity index (χ2v) is 11.1. The fraction of sp³-hybridized carbons (Fsp3) is 0.571. The molecule has 2 atom stereocenters. The van der Waals surface area contributed by atoms with Crippen LogP contribution in [0.25, 0.3) is 0 Å². The Morgan fingerprint density at radius 3 is 1.12 bits per heavy atom. The predicted octanol–water partition coefficient (Wildman–Crippen LogP) is 7.29. The van der Waals surface area contributed by atoms with E-state index in [1.165, 1.54) is 33.4 Å². The van der Waals surface area contributed by atoms with E-state index < -0.39 is 0 Å². The minimum atomic E-state index is 0. The van der Waals surface area contributed by atoms with Crippen molar-refractivity contribution in [1.82, 2.24) is 0 Å². The maximum absolute atomic E-state index is 5.14. The summed E-state index contributed by atoms with van der Waals surface area (Å²) in [6.45, 7) is 22.8. The Hall–Kier alpha value is 0.761. The normalized spacial score (nSPS) is 19.8. The summed E-state index contributed by atoms with van der Waals surface area (Å²) in [6.07, 6.45) is 7.72. The molecule has 26 heavy (non-hydrogen) atoms. The van der Waals surface area contributed by atoms with Crippen molar-refractivity contribution in [3.63, 3.8) is 0 Å². The monoisotopic (exact) mass is 470 g/mol. The molecule has 0 saturated carbocycles. The molecule has 5 heteroatoms. The Labute approximate surface area is 190 Å². The zero-order chi connectivity index (χ0) is 19.4. The Morgan fingerprint density at radius 2 is 1.08 bits per heavy atom. The minimum absolute atomic E-state index is 0. The van der Waals surface area contributed by atoms with Crippen molar-refractivity contribution in [1.29, 1.82) is 0 Å². The van der Waals surface area contributed by atoms with Gasteiger partial charge >= 0.3 is 33.8 Å². The number of halogens is 3. The van der Waals surface area contributed by atoms with E-state index in [-0.39, 0.29) is 41.6 Å². The van der Waals surface area contributed by atoms with Crippen molar-refractivity contribution in [3.8, 4) is 0 Å². The van der Waals surface area contributed by atoms with Gasteiger partial charge in [0.05, 0.1) is 0 Å². The van der Waals surface area contributed by atoms with Crippen LogP contribution in [0.5, 0.6) is 0 Å². The van der Waals surface area contributed by atoms with Gasteiger partial charge in [-0.2, -0.15) is 28.7 Å². The standard InChI is InChI=1S/2C9H13.C3H7.3ClH.H2Si.Ti/c2*1-6-5-7(2)9(4)8(6)3;1-3-2;;;;;/h2*6H,1-4H3;1,3H2,2H3;3*1H;1H2;/q3*-1;;;;;+1/p-1. The van der Waals surface area contributed by atoms with E-state index in [2.05, 4.69) is 74.5 Å². The molecule has 0 bridgehead atoms. The van der Waals surface area contributed by atoms with Crippen molar-refractivity contribution in [3.05, 3.63) is 52.5 Å². The number of allylic oxidation sites excluding steroid dienone is 8. The molecule has 0 aliphatic heterocycles. The van der Waals surface area contributed by atoms with Gasteiger partial charge < -0.3 is 6.92 Å². The van der Waals surface area contributed by atoms with Crippen LogP contribution in [0.15, 0.2) is 33.4 Å². The molecule has 0 aromatic heterocycles. The van der Waals surface area contributed by atoms with Gasteiger partial charge in [-0.3, -0.25) is 12.2 Å². The molecular weight excluding hydrogens is 435 g/mol. The Kier molecular flexibility index (Phi) is 25.2. The van der Waals surface area contributed by atoms with Crippen LogP contribution in [0.4, 0.5) is 0 Å². The van der Waals surface area contributed by atoms with Crippen molar-refractivity contribution >= 4 is 41.8 Å². The second-order valence-electron chi connectivity index (χ2n) is 6.23. The van der Waals surface area contributed by atoms with Gasteiger partial charge in [-0.05, 0) is 0 Å². The van der Waals surface area contributed by atoms with E-state index in [0.29, 0.717) is 11.8 Å². The van der Waals surface area contributed by atoms with Gasteiger partial charge in [0.25, 0.3) is 0 Å². The maximum atomic E-state index is 5.14. The summed E-state index contributed by atoms with van der Waals surface area (Å²) in [6, 6.07) is 0. The molecule has 0 saturated heterocycles. The third kappa shape index (κ3) is 13.0. The molecule has 0 spiro atoms. The van der Waals surface area contributed by atoms with Crippen LogP contribution in [-0.2, 0) is 16.8 Å². The van der Waals surface area contributed by atoms with Gasteiger partial charge in [-0.25, -0.2) is 11.1 Å². The summed E-state index contributed by atoms with van der Waals surface area (Å²) in [7, 11) is 7.00. The Morgan fingerprint density at radius 1 is 0.885 bits per heavy atom. The predicted molar refractivity (Wildman–Crippen MR) is 124 cm³/mol.